The number of carboxylic acids is 4. The average molecular weight is 1340 g/mol. The zero-order chi connectivity index (χ0) is 70.5. The highest BCUT2D eigenvalue weighted by atomic mass is 16.6. The van der Waals surface area contributed by atoms with E-state index in [0.29, 0.717) is 101 Å². The molecule has 9 N–H and O–H groups in total. The Balaban J connectivity index is 0.000000267. The number of fused-ring (bicyclic) bond motifs is 7. The van der Waals surface area contributed by atoms with Gasteiger partial charge < -0.3 is 75.6 Å². The molecule has 532 valence electrons. The van der Waals surface area contributed by atoms with Gasteiger partial charge >= 0.3 is 71.9 Å². The molecule has 7 rings (SSSR count). The van der Waals surface area contributed by atoms with E-state index in [4.69, 9.17) is 33.9 Å². The second kappa shape index (κ2) is 35.5. The molecule has 0 aromatic rings. The van der Waals surface area contributed by atoms with Crippen LogP contribution in [0.15, 0.2) is 0 Å². The van der Waals surface area contributed by atoms with Gasteiger partial charge in [0, 0.05) is 25.0 Å². The van der Waals surface area contributed by atoms with Crippen molar-refractivity contribution >= 4 is 77.7 Å². The van der Waals surface area contributed by atoms with Gasteiger partial charge in [0.1, 0.15) is 44.5 Å². The summed E-state index contributed by atoms with van der Waals surface area (Å²) in [5.41, 5.74) is -3.10. The van der Waals surface area contributed by atoms with Crippen LogP contribution in [0.1, 0.15) is 192 Å². The normalized spacial score (nSPS) is 24.2. The van der Waals surface area contributed by atoms with E-state index < -0.39 is 63.2 Å². The summed E-state index contributed by atoms with van der Waals surface area (Å²) in [5.74, 6) is -4.22. The number of nitrogens with one attached hydrogen (secondary N) is 5. The molecule has 0 spiro atoms. The standard InChI is InChI=1S/C18H25NO6.C17H28N2O5.C16H28N2O5.C15H26N2O5/c1-4-18(2,3)16(22)24-7-8-25-17(23)19-13-11-6-5-10(9-11)12(13)14(19)15(20)21;1-4-16(2,3)14(22)24-8-7-18-15(23)19-17(13(20)21)10-11-5-6-12(17)9-11;1-4-16(2,3)14(21)23-10-9-17-15(22)18-12-7-5-11(6-8-12)13(19)20;1-4-15(2,3)13(20)22-10-7-16-14(21)17-8-5-11(6-9-17)12(18)19/h10-13H,4-9H2,1-3H3;11-12H,4-10H2,1-3H3,(H,20,21)(H2,18,19,23);11-12H,4-10H2,1-3H3,(H,19,20)(H2,17,18,22);11H,4-10H2,1-3H3,(H,16,21)(H,18,19)/p+1. The van der Waals surface area contributed by atoms with E-state index in [9.17, 15) is 67.7 Å². The maximum atomic E-state index is 12.3. The number of hydrogen-bond acceptors (Lipinski definition) is 17. The molecule has 7 aliphatic rings. The molecule has 28 heteroatoms. The van der Waals surface area contributed by atoms with Crippen LogP contribution in [0.5, 0.6) is 0 Å². The van der Waals surface area contributed by atoms with Crippen LogP contribution in [0.25, 0.3) is 0 Å². The molecule has 94 heavy (non-hydrogen) atoms. The van der Waals surface area contributed by atoms with Gasteiger partial charge in [-0.15, -0.1) is 4.58 Å². The molecule has 5 aliphatic carbocycles. The Hall–Kier alpha value is -7.29. The van der Waals surface area contributed by atoms with Gasteiger partial charge in [-0.25, -0.2) is 24.0 Å². The molecule has 2 aliphatic heterocycles. The highest BCUT2D eigenvalue weighted by molar-refractivity contribution is 6.36. The Morgan fingerprint density at radius 1 is 0.511 bits per heavy atom. The number of carbonyl (C=O) groups is 12. The second-order valence-corrected chi connectivity index (χ2v) is 28.4. The molecule has 7 amide bonds. The van der Waals surface area contributed by atoms with Crippen LogP contribution in [0.3, 0.4) is 0 Å². The maximum Gasteiger partial charge on any atom is 0.597 e. The van der Waals surface area contributed by atoms with Crippen molar-refractivity contribution in [3.8, 4) is 0 Å². The Kier molecular flexibility index (Phi) is 29.9. The molecule has 1 saturated heterocycles. The highest BCUT2D eigenvalue weighted by Gasteiger charge is 2.69. The fourth-order valence-electron chi connectivity index (χ4n) is 12.5. The van der Waals surface area contributed by atoms with Crippen LogP contribution >= 0.6 is 0 Å². The van der Waals surface area contributed by atoms with Crippen molar-refractivity contribution in [1.29, 1.82) is 0 Å². The summed E-state index contributed by atoms with van der Waals surface area (Å²) in [6, 6.07) is -1.09. The van der Waals surface area contributed by atoms with Gasteiger partial charge in [-0.3, -0.25) is 28.8 Å². The first-order chi connectivity index (χ1) is 44.0. The van der Waals surface area contributed by atoms with Crippen molar-refractivity contribution in [3.63, 3.8) is 0 Å². The van der Waals surface area contributed by atoms with E-state index in [1.165, 1.54) is 4.58 Å². The third-order valence-corrected chi connectivity index (χ3v) is 20.4. The molecule has 0 aromatic heterocycles. The first-order valence-corrected chi connectivity index (χ1v) is 33.6. The average Bonchev–Trinajstić information content (AvgIpc) is 1.52. The molecular formula is C66H108N7O21+. The van der Waals surface area contributed by atoms with Crippen LogP contribution in [0, 0.1) is 63.1 Å². The molecule has 2 heterocycles. The smallest absolute Gasteiger partial charge is 0.481 e. The Morgan fingerprint density at radius 3 is 1.37 bits per heavy atom. The van der Waals surface area contributed by atoms with Gasteiger partial charge in [0.2, 0.25) is 0 Å². The minimum Gasteiger partial charge on any atom is -0.481 e. The molecule has 7 unspecified atom stereocenters. The van der Waals surface area contributed by atoms with Crippen molar-refractivity contribution in [3.05, 3.63) is 0 Å². The van der Waals surface area contributed by atoms with Gasteiger partial charge in [0.15, 0.2) is 6.04 Å². The topological polar surface area (TPSA) is 398 Å². The summed E-state index contributed by atoms with van der Waals surface area (Å²) in [7, 11) is 0. The number of piperidine rings is 1. The molecule has 7 atom stereocenters. The molecule has 0 aromatic carbocycles. The summed E-state index contributed by atoms with van der Waals surface area (Å²) >= 11 is 0. The number of aliphatic carboxylic acids is 4. The fraction of sp³-hybridized carbons (Fsp3) is 0.803. The quantitative estimate of drug-likeness (QED) is 0.0177. The number of carbonyl (C=O) groups excluding carboxylic acids is 8. The van der Waals surface area contributed by atoms with Crippen molar-refractivity contribution in [1.82, 2.24) is 31.5 Å². The molecule has 28 nitrogen and oxygen atoms in total. The Bertz CT molecular complexity index is 2710. The van der Waals surface area contributed by atoms with Gasteiger partial charge in [0.05, 0.1) is 53.1 Å². The predicted molar refractivity (Wildman–Crippen MR) is 340 cm³/mol. The number of hydrogen-bond donors (Lipinski definition) is 9. The van der Waals surface area contributed by atoms with E-state index in [-0.39, 0.29) is 130 Å². The lowest BCUT2D eigenvalue weighted by atomic mass is 9.75. The Morgan fingerprint density at radius 2 is 0.947 bits per heavy atom. The zero-order valence-corrected chi connectivity index (χ0v) is 57.4. The first-order valence-electron chi connectivity index (χ1n) is 33.6. The monoisotopic (exact) mass is 1330 g/mol. The lowest BCUT2D eigenvalue weighted by molar-refractivity contribution is -0.536. The van der Waals surface area contributed by atoms with Crippen molar-refractivity contribution < 1.29 is 106 Å². The van der Waals surface area contributed by atoms with Crippen LogP contribution < -0.4 is 26.6 Å². The van der Waals surface area contributed by atoms with Crippen molar-refractivity contribution in [2.24, 2.45) is 63.1 Å². The molecule has 6 fully saturated rings. The SMILES string of the molecule is CCC(C)(C)C(=O)OCCNC(=O)N1CCC(C(=O)O)CC1.CCC(C)(C)C(=O)OCCNC(=O)NC1(C(=O)O)CC2CCC1C2.CCC(C)(C)C(=O)OCCNC(=O)NC1CCC(C(=O)O)CC1.CCC(C)(C)C(=O)OCCOC(=O)[N+]1=C(C(=O)O)C2C3CCC(C3)C21. The number of ether oxygens (including phenoxy) is 5. The summed E-state index contributed by atoms with van der Waals surface area (Å²) in [4.78, 5) is 142. The number of likely N-dealkylation sites (tertiary alicyclic amines) is 1. The van der Waals surface area contributed by atoms with E-state index >= 15 is 0 Å². The van der Waals surface area contributed by atoms with Gasteiger partial charge in [-0.1, -0.05) is 27.7 Å². The van der Waals surface area contributed by atoms with Crippen molar-refractivity contribution in [2.45, 2.75) is 210 Å². The van der Waals surface area contributed by atoms with Crippen LogP contribution in [0.4, 0.5) is 19.2 Å². The zero-order valence-electron chi connectivity index (χ0n) is 57.4. The van der Waals surface area contributed by atoms with Crippen molar-refractivity contribution in [2.75, 3.05) is 65.8 Å². The summed E-state index contributed by atoms with van der Waals surface area (Å²) in [6.07, 6.45) is 11.9. The van der Waals surface area contributed by atoms with Crippen LogP contribution in [0.2, 0.25) is 0 Å². The minimum absolute atomic E-state index is 0.00664. The lowest BCUT2D eigenvalue weighted by Crippen LogP contribution is -2.60. The van der Waals surface area contributed by atoms with E-state index in [0.717, 1.165) is 38.5 Å². The number of carboxylic acid groups (broad SMARTS) is 4. The van der Waals surface area contributed by atoms with Gasteiger partial charge in [0.25, 0.3) is 5.71 Å². The minimum atomic E-state index is -1.14. The predicted octanol–water partition coefficient (Wildman–Crippen LogP) is 7.36. The summed E-state index contributed by atoms with van der Waals surface area (Å²) in [6.45, 7) is 23.9. The number of rotatable bonds is 26. The molecule has 0 radical (unpaired) electrons. The third-order valence-electron chi connectivity index (χ3n) is 20.4. The van der Waals surface area contributed by atoms with Gasteiger partial charge in [-0.05, 0) is 182 Å². The van der Waals surface area contributed by atoms with Crippen LogP contribution in [-0.4, -0.2) is 191 Å². The van der Waals surface area contributed by atoms with Crippen LogP contribution in [-0.2, 0) is 62.0 Å². The summed E-state index contributed by atoms with van der Waals surface area (Å²) in [5, 5.41) is 50.3. The third kappa shape index (κ3) is 21.9. The lowest BCUT2D eigenvalue weighted by Gasteiger charge is -2.34. The number of urea groups is 3. The fourth-order valence-corrected chi connectivity index (χ4v) is 12.5. The highest BCUT2D eigenvalue weighted by Crippen LogP contribution is 2.54. The van der Waals surface area contributed by atoms with E-state index in [2.05, 4.69) is 26.6 Å². The Labute approximate surface area is 552 Å². The van der Waals surface area contributed by atoms with E-state index in [1.54, 1.807) is 32.6 Å². The number of nitrogens with zero attached hydrogens (tertiary/aromatic N) is 2. The molecule has 5 saturated carbocycles. The van der Waals surface area contributed by atoms with Gasteiger partial charge in [-0.2, -0.15) is 4.79 Å². The molecular weight excluding hydrogens is 1230 g/mol. The number of amides is 7. The maximum absolute atomic E-state index is 12.3. The van der Waals surface area contributed by atoms with E-state index in [1.807, 2.05) is 55.4 Å². The molecule has 4 bridgehead atoms. The largest absolute Gasteiger partial charge is 0.597 e. The second-order valence-electron chi connectivity index (χ2n) is 28.4. The first kappa shape index (κ1) is 79.1. The summed E-state index contributed by atoms with van der Waals surface area (Å²) < 4.78 is 27.0. The number of esters is 4.